The predicted octanol–water partition coefficient (Wildman–Crippen LogP) is 4.81. The molecule has 0 radical (unpaired) electrons. The molecule has 38 heavy (non-hydrogen) atoms. The first kappa shape index (κ1) is 29.4. The van der Waals surface area contributed by atoms with Crippen molar-refractivity contribution in [2.75, 3.05) is 17.7 Å². The summed E-state index contributed by atoms with van der Waals surface area (Å²) in [6.45, 7) is 10.7. The molecule has 0 aliphatic carbocycles. The minimum Gasteiger partial charge on any atom is -0.481 e. The fourth-order valence-corrected chi connectivity index (χ4v) is 3.07. The first-order valence-corrected chi connectivity index (χ1v) is 11.6. The smallest absolute Gasteiger partial charge is 0.328 e. The van der Waals surface area contributed by atoms with Crippen LogP contribution in [-0.4, -0.2) is 44.7 Å². The molecule has 1 aromatic carbocycles. The number of methoxy groups -OCH3 is 1. The normalized spacial score (nSPS) is 10.2. The SMILES string of the molecule is C=CC(=O)Cc1cc(C)ccc1Nc1nc(Nc2cc(OC)ncc2C)ncc1C.CC(=O)/C=C\C(=O)O. The number of carboxylic acid groups (broad SMARTS) is 1. The van der Waals surface area contributed by atoms with Gasteiger partial charge in [-0.1, -0.05) is 24.3 Å². The minimum absolute atomic E-state index is 0.0347. The molecule has 0 aliphatic rings. The summed E-state index contributed by atoms with van der Waals surface area (Å²) in [5.74, 6) is 0.211. The largest absolute Gasteiger partial charge is 0.481 e. The number of nitrogens with zero attached hydrogens (tertiary/aromatic N) is 3. The van der Waals surface area contributed by atoms with Gasteiger partial charge in [0, 0.05) is 42.2 Å². The van der Waals surface area contributed by atoms with Crippen molar-refractivity contribution < 1.29 is 24.2 Å². The molecule has 0 saturated carbocycles. The third-order valence-corrected chi connectivity index (χ3v) is 5.07. The summed E-state index contributed by atoms with van der Waals surface area (Å²) in [4.78, 5) is 44.8. The molecule has 10 nitrogen and oxygen atoms in total. The molecule has 2 heterocycles. The summed E-state index contributed by atoms with van der Waals surface area (Å²) in [5.41, 5.74) is 5.43. The van der Waals surface area contributed by atoms with E-state index in [2.05, 4.69) is 32.2 Å². The van der Waals surface area contributed by atoms with Crippen LogP contribution in [0, 0.1) is 20.8 Å². The van der Waals surface area contributed by atoms with E-state index in [1.165, 1.54) is 13.0 Å². The lowest BCUT2D eigenvalue weighted by Gasteiger charge is -2.15. The maximum Gasteiger partial charge on any atom is 0.328 e. The number of nitrogens with one attached hydrogen (secondary N) is 2. The lowest BCUT2D eigenvalue weighted by atomic mass is 10.0. The maximum absolute atomic E-state index is 11.9. The van der Waals surface area contributed by atoms with Gasteiger partial charge in [-0.3, -0.25) is 9.59 Å². The lowest BCUT2D eigenvalue weighted by Crippen LogP contribution is -2.07. The van der Waals surface area contributed by atoms with E-state index in [0.29, 0.717) is 17.6 Å². The third-order valence-electron chi connectivity index (χ3n) is 5.07. The second kappa shape index (κ2) is 14.0. The van der Waals surface area contributed by atoms with Crippen molar-refractivity contribution in [3.8, 4) is 5.88 Å². The molecule has 0 unspecified atom stereocenters. The van der Waals surface area contributed by atoms with Gasteiger partial charge >= 0.3 is 5.97 Å². The Morgan fingerprint density at radius 1 is 1.00 bits per heavy atom. The lowest BCUT2D eigenvalue weighted by molar-refractivity contribution is -0.131. The number of allylic oxidation sites excluding steroid dienone is 2. The highest BCUT2D eigenvalue weighted by Crippen LogP contribution is 2.26. The number of carboxylic acids is 1. The number of anilines is 4. The monoisotopic (exact) mass is 517 g/mol. The van der Waals surface area contributed by atoms with E-state index in [4.69, 9.17) is 9.84 Å². The number of carbonyl (C=O) groups is 3. The van der Waals surface area contributed by atoms with Gasteiger partial charge < -0.3 is 20.5 Å². The van der Waals surface area contributed by atoms with Crippen LogP contribution in [0.2, 0.25) is 0 Å². The number of aliphatic carboxylic acids is 1. The number of pyridine rings is 1. The molecule has 10 heteroatoms. The molecule has 3 rings (SSSR count). The summed E-state index contributed by atoms with van der Waals surface area (Å²) < 4.78 is 5.19. The molecular weight excluding hydrogens is 486 g/mol. The first-order chi connectivity index (χ1) is 18.0. The zero-order valence-electron chi connectivity index (χ0n) is 22.0. The van der Waals surface area contributed by atoms with Crippen LogP contribution in [0.25, 0.3) is 0 Å². The van der Waals surface area contributed by atoms with Crippen molar-refractivity contribution in [1.29, 1.82) is 0 Å². The Labute approximate surface area is 221 Å². The molecule has 0 spiro atoms. The first-order valence-electron chi connectivity index (χ1n) is 11.6. The minimum atomic E-state index is -1.10. The molecule has 0 aliphatic heterocycles. The van der Waals surface area contributed by atoms with Gasteiger partial charge in [0.05, 0.1) is 12.8 Å². The van der Waals surface area contributed by atoms with Gasteiger partial charge in [-0.05, 0) is 57.0 Å². The quantitative estimate of drug-likeness (QED) is 0.321. The highest BCUT2D eigenvalue weighted by atomic mass is 16.5. The molecule has 3 N–H and O–H groups in total. The van der Waals surface area contributed by atoms with Gasteiger partial charge in [0.1, 0.15) is 5.82 Å². The van der Waals surface area contributed by atoms with E-state index in [9.17, 15) is 14.4 Å². The molecule has 2 aromatic heterocycles. The van der Waals surface area contributed by atoms with Crippen molar-refractivity contribution in [1.82, 2.24) is 15.0 Å². The summed E-state index contributed by atoms with van der Waals surface area (Å²) in [6.07, 6.45) is 6.90. The number of aromatic nitrogens is 3. The van der Waals surface area contributed by atoms with Gasteiger partial charge in [-0.25, -0.2) is 14.8 Å². The fourth-order valence-electron chi connectivity index (χ4n) is 3.07. The molecule has 3 aromatic rings. The van der Waals surface area contributed by atoms with Crippen LogP contribution in [0.4, 0.5) is 23.1 Å². The molecule has 0 saturated heterocycles. The van der Waals surface area contributed by atoms with Gasteiger partial charge in [0.25, 0.3) is 0 Å². The van der Waals surface area contributed by atoms with Crippen molar-refractivity contribution in [2.45, 2.75) is 34.1 Å². The summed E-state index contributed by atoms with van der Waals surface area (Å²) >= 11 is 0. The summed E-state index contributed by atoms with van der Waals surface area (Å²) in [5, 5.41) is 14.5. The molecule has 0 bridgehead atoms. The number of ketones is 2. The number of rotatable bonds is 10. The van der Waals surface area contributed by atoms with E-state index in [0.717, 1.165) is 45.8 Å². The Hall–Kier alpha value is -4.86. The van der Waals surface area contributed by atoms with Crippen molar-refractivity contribution in [3.63, 3.8) is 0 Å². The Balaban J connectivity index is 0.000000550. The Morgan fingerprint density at radius 2 is 1.71 bits per heavy atom. The number of aryl methyl sites for hydroxylation is 3. The average Bonchev–Trinajstić information content (AvgIpc) is 2.87. The van der Waals surface area contributed by atoms with E-state index < -0.39 is 5.97 Å². The van der Waals surface area contributed by atoms with Crippen molar-refractivity contribution >= 4 is 40.7 Å². The second-order valence-electron chi connectivity index (χ2n) is 8.31. The van der Waals surface area contributed by atoms with Gasteiger partial charge in [0.15, 0.2) is 11.6 Å². The van der Waals surface area contributed by atoms with Crippen LogP contribution < -0.4 is 15.4 Å². The van der Waals surface area contributed by atoms with E-state index in [1.54, 1.807) is 25.6 Å². The number of hydrogen-bond donors (Lipinski definition) is 3. The van der Waals surface area contributed by atoms with Gasteiger partial charge in [0.2, 0.25) is 11.8 Å². The zero-order chi connectivity index (χ0) is 28.2. The Bertz CT molecular complexity index is 1350. The van der Waals surface area contributed by atoms with E-state index in [-0.39, 0.29) is 18.0 Å². The topological polar surface area (TPSA) is 143 Å². The summed E-state index contributed by atoms with van der Waals surface area (Å²) in [7, 11) is 1.57. The number of hydrogen-bond acceptors (Lipinski definition) is 9. The van der Waals surface area contributed by atoms with E-state index >= 15 is 0 Å². The number of benzene rings is 1. The molecule has 0 amide bonds. The van der Waals surface area contributed by atoms with Crippen LogP contribution in [-0.2, 0) is 20.8 Å². The van der Waals surface area contributed by atoms with E-state index in [1.807, 2.05) is 39.0 Å². The zero-order valence-corrected chi connectivity index (χ0v) is 22.0. The van der Waals surface area contributed by atoms with Crippen LogP contribution in [0.5, 0.6) is 5.88 Å². The van der Waals surface area contributed by atoms with Crippen LogP contribution in [0.3, 0.4) is 0 Å². The molecular formula is C28H31N5O5. The number of carbonyl (C=O) groups excluding carboxylic acids is 2. The molecule has 0 fully saturated rings. The molecule has 0 atom stereocenters. The highest BCUT2D eigenvalue weighted by Gasteiger charge is 2.11. The highest BCUT2D eigenvalue weighted by molar-refractivity contribution is 5.93. The van der Waals surface area contributed by atoms with Crippen LogP contribution >= 0.6 is 0 Å². The predicted molar refractivity (Wildman–Crippen MR) is 146 cm³/mol. The Kier molecular flexibility index (Phi) is 10.8. The number of ether oxygens (including phenoxy) is 1. The van der Waals surface area contributed by atoms with Crippen LogP contribution in [0.15, 0.2) is 61.5 Å². The second-order valence-corrected chi connectivity index (χ2v) is 8.31. The standard InChI is InChI=1S/C23H25N5O2.C5H6O3/c1-6-18(29)10-17-9-14(2)7-8-19(17)26-22-16(4)13-25-23(28-22)27-20-11-21(30-5)24-12-15(20)3;1-4(6)2-3-5(7)8/h6-9,11-13H,1,10H2,2-5H3,(H2,24,25,26,27,28);2-3H,1H3,(H,7,8)/b;3-2-. The fraction of sp³-hybridized carbons (Fsp3) is 0.214. The van der Waals surface area contributed by atoms with Crippen molar-refractivity contribution in [3.05, 3.63) is 83.7 Å². The van der Waals surface area contributed by atoms with Crippen LogP contribution in [0.1, 0.15) is 29.2 Å². The average molecular weight is 518 g/mol. The molecule has 198 valence electrons. The maximum atomic E-state index is 11.9. The van der Waals surface area contributed by atoms with Crippen molar-refractivity contribution in [2.24, 2.45) is 0 Å². The van der Waals surface area contributed by atoms with Gasteiger partial charge in [-0.2, -0.15) is 4.98 Å². The summed E-state index contributed by atoms with van der Waals surface area (Å²) in [6, 6.07) is 7.73. The third kappa shape index (κ3) is 9.30. The Morgan fingerprint density at radius 3 is 2.32 bits per heavy atom. The van der Waals surface area contributed by atoms with Gasteiger partial charge in [-0.15, -0.1) is 0 Å².